The number of nitrogens with zero attached hydrogens (tertiary/aromatic N) is 1. The minimum atomic E-state index is -0.00838. The summed E-state index contributed by atoms with van der Waals surface area (Å²) < 4.78 is 2.92. The van der Waals surface area contributed by atoms with Gasteiger partial charge in [0.05, 0.1) is 0 Å². The van der Waals surface area contributed by atoms with Crippen LogP contribution in [0.1, 0.15) is 37.3 Å². The molecule has 1 aromatic heterocycles. The van der Waals surface area contributed by atoms with Crippen LogP contribution in [0.15, 0.2) is 16.7 Å². The predicted molar refractivity (Wildman–Crippen MR) is 77.8 cm³/mol. The molecule has 1 amide bonds. The van der Waals surface area contributed by atoms with Crippen molar-refractivity contribution in [1.29, 1.82) is 0 Å². The molecular weight excluding hydrogens is 300 g/mol. The van der Waals surface area contributed by atoms with Gasteiger partial charge < -0.3 is 9.88 Å². The molecule has 96 valence electrons. The molecule has 3 nitrogen and oxygen atoms in total. The van der Waals surface area contributed by atoms with Gasteiger partial charge in [0, 0.05) is 28.5 Å². The molecule has 1 N–H and O–H groups in total. The van der Waals surface area contributed by atoms with Crippen LogP contribution in [-0.2, 0) is 0 Å². The van der Waals surface area contributed by atoms with E-state index in [4.69, 9.17) is 0 Å². The van der Waals surface area contributed by atoms with Gasteiger partial charge in [0.2, 0.25) is 0 Å². The van der Waals surface area contributed by atoms with Crippen LogP contribution in [0.4, 0.5) is 0 Å². The summed E-state index contributed by atoms with van der Waals surface area (Å²) in [5.74, 6) is 0.918. The van der Waals surface area contributed by atoms with Crippen LogP contribution < -0.4 is 5.32 Å². The number of amides is 1. The third-order valence-corrected chi connectivity index (χ3v) is 3.67. The minimum Gasteiger partial charge on any atom is -0.347 e. The zero-order chi connectivity index (χ0) is 13.0. The molecule has 1 atom stereocenters. The Bertz CT molecular complexity index is 390. The molecule has 0 saturated heterocycles. The quantitative estimate of drug-likeness (QED) is 0.903. The fourth-order valence-corrected chi connectivity index (χ4v) is 2.67. The van der Waals surface area contributed by atoms with Gasteiger partial charge in [-0.1, -0.05) is 0 Å². The number of hydrogen-bond acceptors (Lipinski definition) is 2. The molecule has 5 heteroatoms. The summed E-state index contributed by atoms with van der Waals surface area (Å²) in [5, 5.41) is 3.00. The van der Waals surface area contributed by atoms with Gasteiger partial charge in [0.15, 0.2) is 0 Å². The average Bonchev–Trinajstić information content (AvgIpc) is 2.60. The predicted octanol–water partition coefficient (Wildman–Crippen LogP) is 3.31. The maximum Gasteiger partial charge on any atom is 0.268 e. The third-order valence-electron chi connectivity index (χ3n) is 2.40. The highest BCUT2D eigenvalue weighted by atomic mass is 79.9. The van der Waals surface area contributed by atoms with Crippen LogP contribution in [0.25, 0.3) is 0 Å². The van der Waals surface area contributed by atoms with Crippen LogP contribution in [0.5, 0.6) is 0 Å². The lowest BCUT2D eigenvalue weighted by Crippen LogP contribution is -2.35. The molecule has 0 aromatic carbocycles. The van der Waals surface area contributed by atoms with Crippen molar-refractivity contribution in [2.24, 2.45) is 0 Å². The number of hydrogen-bond donors (Lipinski definition) is 1. The smallest absolute Gasteiger partial charge is 0.268 e. The lowest BCUT2D eigenvalue weighted by atomic mass is 10.3. The van der Waals surface area contributed by atoms with E-state index < -0.39 is 0 Å². The van der Waals surface area contributed by atoms with Crippen molar-refractivity contribution in [3.05, 3.63) is 22.4 Å². The first-order valence-corrected chi connectivity index (χ1v) is 7.81. The highest BCUT2D eigenvalue weighted by Crippen LogP contribution is 2.19. The first kappa shape index (κ1) is 14.6. The lowest BCUT2D eigenvalue weighted by Gasteiger charge is -2.15. The summed E-state index contributed by atoms with van der Waals surface area (Å²) in [5.41, 5.74) is 0.708. The third kappa shape index (κ3) is 4.07. The van der Waals surface area contributed by atoms with E-state index in [0.29, 0.717) is 5.69 Å². The number of carbonyl (C=O) groups excluding carboxylic acids is 1. The summed E-state index contributed by atoms with van der Waals surface area (Å²) in [4.78, 5) is 12.1. The maximum atomic E-state index is 12.1. The zero-order valence-corrected chi connectivity index (χ0v) is 13.1. The second-order valence-electron chi connectivity index (χ2n) is 4.37. The van der Waals surface area contributed by atoms with E-state index in [-0.39, 0.29) is 18.0 Å². The molecular formula is C12H19BrN2OS. The molecule has 0 bridgehead atoms. The van der Waals surface area contributed by atoms with E-state index in [1.807, 2.05) is 30.0 Å². The van der Waals surface area contributed by atoms with Crippen LogP contribution in [0.3, 0.4) is 0 Å². The van der Waals surface area contributed by atoms with E-state index in [9.17, 15) is 4.79 Å². The average molecular weight is 319 g/mol. The number of carbonyl (C=O) groups is 1. The fraction of sp³-hybridized carbons (Fsp3) is 0.583. The van der Waals surface area contributed by atoms with Crippen molar-refractivity contribution < 1.29 is 4.79 Å². The maximum absolute atomic E-state index is 12.1. The molecule has 0 spiro atoms. The molecule has 0 fully saturated rings. The molecule has 0 radical (unpaired) electrons. The Morgan fingerprint density at radius 3 is 2.71 bits per heavy atom. The summed E-state index contributed by atoms with van der Waals surface area (Å²) in [6, 6.07) is 2.32. The van der Waals surface area contributed by atoms with Crippen molar-refractivity contribution >= 4 is 33.6 Å². The fourth-order valence-electron chi connectivity index (χ4n) is 1.64. The Balaban J connectivity index is 2.81. The molecule has 17 heavy (non-hydrogen) atoms. The minimum absolute atomic E-state index is 0.00838. The van der Waals surface area contributed by atoms with E-state index in [2.05, 4.69) is 35.1 Å². The van der Waals surface area contributed by atoms with Crippen molar-refractivity contribution in [3.8, 4) is 0 Å². The summed E-state index contributed by atoms with van der Waals surface area (Å²) in [7, 11) is 0. The lowest BCUT2D eigenvalue weighted by molar-refractivity contribution is 0.0933. The standard InChI is InChI=1S/C12H19BrN2OS/c1-8(2)15-6-10(13)5-11(15)12(16)14-9(3)7-17-4/h5-6,8-9H,7H2,1-4H3,(H,14,16). The Hall–Kier alpha value is -0.420. The Labute approximate surface area is 115 Å². The van der Waals surface area contributed by atoms with E-state index in [1.54, 1.807) is 11.8 Å². The molecule has 1 aromatic rings. The van der Waals surface area contributed by atoms with Gasteiger partial charge in [0.25, 0.3) is 5.91 Å². The first-order valence-electron chi connectivity index (χ1n) is 5.63. The van der Waals surface area contributed by atoms with Crippen LogP contribution >= 0.6 is 27.7 Å². The van der Waals surface area contributed by atoms with Crippen molar-refractivity contribution in [1.82, 2.24) is 9.88 Å². The van der Waals surface area contributed by atoms with E-state index in [0.717, 1.165) is 10.2 Å². The Kier molecular flexibility index (Phi) is 5.59. The van der Waals surface area contributed by atoms with Gasteiger partial charge in [-0.2, -0.15) is 11.8 Å². The summed E-state index contributed by atoms with van der Waals surface area (Å²) >= 11 is 5.14. The van der Waals surface area contributed by atoms with Crippen molar-refractivity contribution in [3.63, 3.8) is 0 Å². The normalized spacial score (nSPS) is 12.8. The zero-order valence-electron chi connectivity index (χ0n) is 10.7. The first-order chi connectivity index (χ1) is 7.95. The molecule has 0 aliphatic rings. The van der Waals surface area contributed by atoms with Crippen LogP contribution in [0, 0.1) is 0 Å². The van der Waals surface area contributed by atoms with Gasteiger partial charge in [-0.15, -0.1) is 0 Å². The van der Waals surface area contributed by atoms with Crippen LogP contribution in [-0.4, -0.2) is 28.5 Å². The Morgan fingerprint density at radius 1 is 1.53 bits per heavy atom. The molecule has 0 saturated carbocycles. The largest absolute Gasteiger partial charge is 0.347 e. The number of halogens is 1. The number of thioether (sulfide) groups is 1. The molecule has 1 unspecified atom stereocenters. The van der Waals surface area contributed by atoms with E-state index in [1.165, 1.54) is 0 Å². The summed E-state index contributed by atoms with van der Waals surface area (Å²) in [6.45, 7) is 6.15. The number of nitrogens with one attached hydrogen (secondary N) is 1. The number of aromatic nitrogens is 1. The highest BCUT2D eigenvalue weighted by Gasteiger charge is 2.16. The van der Waals surface area contributed by atoms with Crippen LogP contribution in [0.2, 0.25) is 0 Å². The number of rotatable bonds is 5. The second-order valence-corrected chi connectivity index (χ2v) is 6.20. The topological polar surface area (TPSA) is 34.0 Å². The van der Waals surface area contributed by atoms with Gasteiger partial charge >= 0.3 is 0 Å². The van der Waals surface area contributed by atoms with Gasteiger partial charge in [0.1, 0.15) is 5.69 Å². The summed E-state index contributed by atoms with van der Waals surface area (Å²) in [6.07, 6.45) is 3.98. The monoisotopic (exact) mass is 318 g/mol. The van der Waals surface area contributed by atoms with Gasteiger partial charge in [-0.3, -0.25) is 4.79 Å². The van der Waals surface area contributed by atoms with E-state index >= 15 is 0 Å². The van der Waals surface area contributed by atoms with Crippen molar-refractivity contribution in [2.45, 2.75) is 32.9 Å². The molecule has 0 aliphatic carbocycles. The second kappa shape index (κ2) is 6.50. The Morgan fingerprint density at radius 2 is 2.18 bits per heavy atom. The highest BCUT2D eigenvalue weighted by molar-refractivity contribution is 9.10. The molecule has 0 aliphatic heterocycles. The molecule has 1 heterocycles. The SMILES string of the molecule is CSCC(C)NC(=O)c1cc(Br)cn1C(C)C. The van der Waals surface area contributed by atoms with Gasteiger partial charge in [-0.25, -0.2) is 0 Å². The van der Waals surface area contributed by atoms with Crippen molar-refractivity contribution in [2.75, 3.05) is 12.0 Å². The molecule has 1 rings (SSSR count). The van der Waals surface area contributed by atoms with Gasteiger partial charge in [-0.05, 0) is 49.0 Å².